The van der Waals surface area contributed by atoms with Crippen molar-refractivity contribution in [2.45, 2.75) is 105 Å². The first-order chi connectivity index (χ1) is 14.2. The Morgan fingerprint density at radius 1 is 1.00 bits per heavy atom. The van der Waals surface area contributed by atoms with Crippen LogP contribution in [0.25, 0.3) is 0 Å². The Balaban J connectivity index is 1.53. The van der Waals surface area contributed by atoms with Gasteiger partial charge in [0.25, 0.3) is 0 Å². The zero-order valence-electron chi connectivity index (χ0n) is 20.7. The predicted octanol–water partition coefficient (Wildman–Crippen LogP) is 7.80. The van der Waals surface area contributed by atoms with Gasteiger partial charge < -0.3 is 5.11 Å². The first-order valence-electron chi connectivity index (χ1n) is 13.3. The van der Waals surface area contributed by atoms with E-state index in [4.69, 9.17) is 0 Å². The lowest BCUT2D eigenvalue weighted by Crippen LogP contribution is -2.49. The molecule has 0 aromatic carbocycles. The third-order valence-corrected chi connectivity index (χ3v) is 10.7. The van der Waals surface area contributed by atoms with Gasteiger partial charge in [0.2, 0.25) is 0 Å². The Morgan fingerprint density at radius 2 is 1.70 bits per heavy atom. The van der Waals surface area contributed by atoms with E-state index in [0.29, 0.717) is 22.7 Å². The number of aliphatic hydroxyl groups excluding tert-OH is 1. The lowest BCUT2D eigenvalue weighted by atomic mass is 9.47. The molecule has 1 nitrogen and oxygen atoms in total. The highest BCUT2D eigenvalue weighted by Crippen LogP contribution is 2.66. The lowest BCUT2D eigenvalue weighted by molar-refractivity contribution is -0.0414. The van der Waals surface area contributed by atoms with Gasteiger partial charge in [-0.1, -0.05) is 65.3 Å². The number of hydrogen-bond donors (Lipinski definition) is 1. The average Bonchev–Trinajstić information content (AvgIpc) is 3.06. The van der Waals surface area contributed by atoms with E-state index in [0.717, 1.165) is 42.4 Å². The summed E-state index contributed by atoms with van der Waals surface area (Å²) in [5, 5.41) is 10.3. The van der Waals surface area contributed by atoms with Gasteiger partial charge in [-0.2, -0.15) is 0 Å². The van der Waals surface area contributed by atoms with Crippen LogP contribution in [0.1, 0.15) is 99.3 Å². The Morgan fingerprint density at radius 3 is 2.40 bits per heavy atom. The second kappa shape index (κ2) is 8.42. The molecule has 0 saturated heterocycles. The molecule has 1 heteroatoms. The third-order valence-electron chi connectivity index (χ3n) is 10.7. The normalized spacial score (nSPS) is 45.6. The SMILES string of the molecule is CC[C@H](/C=C/[C@H](C)[C@@H]1CC[C@H]2C3=CC[C@H]4C[C@H](O)CC[C@]4(C)[C@@H]3CC[C@@]21C)C(C)C. The molecule has 30 heavy (non-hydrogen) atoms. The molecule has 0 aromatic heterocycles. The maximum atomic E-state index is 10.3. The van der Waals surface area contributed by atoms with Crippen LogP contribution < -0.4 is 0 Å². The molecule has 0 spiro atoms. The predicted molar refractivity (Wildman–Crippen MR) is 128 cm³/mol. The van der Waals surface area contributed by atoms with Crippen LogP contribution in [-0.4, -0.2) is 11.2 Å². The van der Waals surface area contributed by atoms with E-state index in [1.165, 1.54) is 44.9 Å². The molecule has 0 heterocycles. The average molecular weight is 413 g/mol. The van der Waals surface area contributed by atoms with Gasteiger partial charge in [0.1, 0.15) is 0 Å². The molecule has 1 N–H and O–H groups in total. The summed E-state index contributed by atoms with van der Waals surface area (Å²) in [6.45, 7) is 14.8. The van der Waals surface area contributed by atoms with Crippen molar-refractivity contribution in [2.24, 2.45) is 52.3 Å². The van der Waals surface area contributed by atoms with Gasteiger partial charge in [0, 0.05) is 0 Å². The van der Waals surface area contributed by atoms with Gasteiger partial charge in [0.05, 0.1) is 6.10 Å². The molecule has 0 unspecified atom stereocenters. The molecule has 0 aromatic rings. The van der Waals surface area contributed by atoms with Gasteiger partial charge in [-0.15, -0.1) is 0 Å². The van der Waals surface area contributed by atoms with Crippen LogP contribution in [0.5, 0.6) is 0 Å². The van der Waals surface area contributed by atoms with Gasteiger partial charge in [-0.05, 0) is 110 Å². The standard InChI is InChI=1S/C29H48O/c1-7-21(19(2)3)9-8-20(4)25-12-13-26-24-11-10-22-18-23(30)14-16-28(22,5)27(24)15-17-29(25,26)6/h8-9,11,19-23,25-27,30H,7,10,12-18H2,1-6H3/b9-8+/t20-,21+,22-,23+,25-,26-,27+,28-,29+/m0/s1. The number of fused-ring (bicyclic) bond motifs is 5. The maximum absolute atomic E-state index is 10.3. The first-order valence-corrected chi connectivity index (χ1v) is 13.3. The number of allylic oxidation sites excluding steroid dienone is 4. The highest BCUT2D eigenvalue weighted by Gasteiger charge is 2.57. The van der Waals surface area contributed by atoms with Crippen molar-refractivity contribution < 1.29 is 5.11 Å². The van der Waals surface area contributed by atoms with Crippen LogP contribution in [-0.2, 0) is 0 Å². The molecule has 9 atom stereocenters. The highest BCUT2D eigenvalue weighted by atomic mass is 16.3. The van der Waals surface area contributed by atoms with Crippen molar-refractivity contribution in [3.05, 3.63) is 23.8 Å². The zero-order valence-corrected chi connectivity index (χ0v) is 20.7. The van der Waals surface area contributed by atoms with Crippen LogP contribution in [0.2, 0.25) is 0 Å². The van der Waals surface area contributed by atoms with Crippen LogP contribution >= 0.6 is 0 Å². The van der Waals surface area contributed by atoms with Crippen molar-refractivity contribution >= 4 is 0 Å². The fourth-order valence-electron chi connectivity index (χ4n) is 8.68. The summed E-state index contributed by atoms with van der Waals surface area (Å²) in [4.78, 5) is 0. The molecule has 0 aliphatic heterocycles. The monoisotopic (exact) mass is 412 g/mol. The molecule has 0 radical (unpaired) electrons. The Labute approximate surface area is 186 Å². The van der Waals surface area contributed by atoms with Gasteiger partial charge in [0.15, 0.2) is 0 Å². The minimum Gasteiger partial charge on any atom is -0.393 e. The molecular weight excluding hydrogens is 364 g/mol. The summed E-state index contributed by atoms with van der Waals surface area (Å²) in [6.07, 6.45) is 19.2. The molecule has 0 bridgehead atoms. The Kier molecular flexibility index (Phi) is 6.35. The summed E-state index contributed by atoms with van der Waals surface area (Å²) in [5.41, 5.74) is 2.79. The topological polar surface area (TPSA) is 20.2 Å². The summed E-state index contributed by atoms with van der Waals surface area (Å²) in [6, 6.07) is 0. The largest absolute Gasteiger partial charge is 0.393 e. The van der Waals surface area contributed by atoms with E-state index in [1.54, 1.807) is 0 Å². The zero-order chi connectivity index (χ0) is 21.7. The van der Waals surface area contributed by atoms with Gasteiger partial charge in [-0.3, -0.25) is 0 Å². The number of aliphatic hydroxyl groups is 1. The lowest BCUT2D eigenvalue weighted by Gasteiger charge is -2.57. The first kappa shape index (κ1) is 22.6. The molecular formula is C29H48O. The summed E-state index contributed by atoms with van der Waals surface area (Å²) >= 11 is 0. The van der Waals surface area contributed by atoms with E-state index in [2.05, 4.69) is 59.8 Å². The van der Waals surface area contributed by atoms with Crippen LogP contribution in [0.4, 0.5) is 0 Å². The van der Waals surface area contributed by atoms with E-state index in [9.17, 15) is 5.11 Å². The fourth-order valence-corrected chi connectivity index (χ4v) is 8.68. The second-order valence-electron chi connectivity index (χ2n) is 12.5. The van der Waals surface area contributed by atoms with Crippen molar-refractivity contribution in [2.75, 3.05) is 0 Å². The van der Waals surface area contributed by atoms with Crippen LogP contribution in [0, 0.1) is 52.3 Å². The summed E-state index contributed by atoms with van der Waals surface area (Å²) < 4.78 is 0. The molecule has 4 aliphatic carbocycles. The maximum Gasteiger partial charge on any atom is 0.0543 e. The summed E-state index contributed by atoms with van der Waals surface area (Å²) in [5.74, 6) is 5.32. The van der Waals surface area contributed by atoms with Crippen molar-refractivity contribution in [3.63, 3.8) is 0 Å². The minimum atomic E-state index is -0.0480. The van der Waals surface area contributed by atoms with Gasteiger partial charge in [-0.25, -0.2) is 0 Å². The van der Waals surface area contributed by atoms with E-state index in [-0.39, 0.29) is 6.10 Å². The van der Waals surface area contributed by atoms with Gasteiger partial charge >= 0.3 is 0 Å². The minimum absolute atomic E-state index is 0.0480. The highest BCUT2D eigenvalue weighted by molar-refractivity contribution is 5.28. The summed E-state index contributed by atoms with van der Waals surface area (Å²) in [7, 11) is 0. The number of rotatable bonds is 5. The third kappa shape index (κ3) is 3.66. The van der Waals surface area contributed by atoms with Crippen molar-refractivity contribution in [1.82, 2.24) is 0 Å². The molecule has 3 saturated carbocycles. The van der Waals surface area contributed by atoms with E-state index >= 15 is 0 Å². The molecule has 0 amide bonds. The van der Waals surface area contributed by atoms with Crippen molar-refractivity contribution in [3.8, 4) is 0 Å². The fraction of sp³-hybridized carbons (Fsp3) is 0.862. The molecule has 4 aliphatic rings. The molecule has 4 rings (SSSR count). The molecule has 170 valence electrons. The Hall–Kier alpha value is -0.560. The Bertz CT molecular complexity index is 674. The van der Waals surface area contributed by atoms with Crippen LogP contribution in [0.3, 0.4) is 0 Å². The quantitative estimate of drug-likeness (QED) is 0.457. The number of hydrogen-bond acceptors (Lipinski definition) is 1. The van der Waals surface area contributed by atoms with Crippen molar-refractivity contribution in [1.29, 1.82) is 0 Å². The van der Waals surface area contributed by atoms with E-state index in [1.807, 2.05) is 5.57 Å². The molecule has 3 fully saturated rings. The smallest absolute Gasteiger partial charge is 0.0543 e. The van der Waals surface area contributed by atoms with E-state index < -0.39 is 0 Å². The second-order valence-corrected chi connectivity index (χ2v) is 12.5. The van der Waals surface area contributed by atoms with Crippen LogP contribution in [0.15, 0.2) is 23.8 Å².